The van der Waals surface area contributed by atoms with Crippen LogP contribution in [0.5, 0.6) is 0 Å². The second-order valence-electron chi connectivity index (χ2n) is 7.98. The molecule has 1 saturated heterocycles. The zero-order valence-corrected chi connectivity index (χ0v) is 19.1. The van der Waals surface area contributed by atoms with Crippen LogP contribution in [0.3, 0.4) is 0 Å². The summed E-state index contributed by atoms with van der Waals surface area (Å²) in [6.45, 7) is 1.01. The van der Waals surface area contributed by atoms with Gasteiger partial charge in [0.15, 0.2) is 5.78 Å². The van der Waals surface area contributed by atoms with Gasteiger partial charge in [-0.25, -0.2) is 18.2 Å². The lowest BCUT2D eigenvalue weighted by Crippen LogP contribution is -2.36. The Morgan fingerprint density at radius 1 is 1.16 bits per heavy atom. The minimum absolute atomic E-state index is 0.0843. The zero-order valence-electron chi connectivity index (χ0n) is 17.5. The molecule has 0 aromatic carbocycles. The lowest BCUT2D eigenvalue weighted by molar-refractivity contribution is 0.102. The number of rotatable bonds is 7. The fourth-order valence-electron chi connectivity index (χ4n) is 3.78. The number of pyridine rings is 1. The van der Waals surface area contributed by atoms with Crippen LogP contribution in [0.1, 0.15) is 54.9 Å². The van der Waals surface area contributed by atoms with Gasteiger partial charge in [-0.1, -0.05) is 24.6 Å². The molecule has 0 amide bonds. The first kappa shape index (κ1) is 22.7. The molecule has 172 valence electrons. The average Bonchev–Trinajstić information content (AvgIpc) is 3.59. The van der Waals surface area contributed by atoms with E-state index >= 15 is 0 Å². The van der Waals surface area contributed by atoms with Gasteiger partial charge in [0, 0.05) is 25.3 Å². The molecule has 12 heteroatoms. The Morgan fingerprint density at radius 2 is 1.84 bits per heavy atom. The number of sulfonamides is 1. The number of H-pyrrole nitrogens is 1. The van der Waals surface area contributed by atoms with Gasteiger partial charge in [-0.05, 0) is 37.8 Å². The van der Waals surface area contributed by atoms with Crippen molar-refractivity contribution in [2.24, 2.45) is 0 Å². The van der Waals surface area contributed by atoms with Crippen LogP contribution < -0.4 is 17.0 Å². The fraction of sp³-hybridized carbons (Fsp3) is 0.500. The molecule has 0 atom stereocenters. The van der Waals surface area contributed by atoms with Crippen LogP contribution in [0.2, 0.25) is 0 Å². The van der Waals surface area contributed by atoms with E-state index < -0.39 is 27.1 Å². The topological polar surface area (TPSA) is 148 Å². The van der Waals surface area contributed by atoms with E-state index in [2.05, 4.69) is 9.97 Å². The maximum atomic E-state index is 12.8. The Labute approximate surface area is 189 Å². The largest absolute Gasteiger partial charge is 0.384 e. The number of hydrogen-bond acceptors (Lipinski definition) is 8. The highest BCUT2D eigenvalue weighted by Gasteiger charge is 2.30. The first-order valence-corrected chi connectivity index (χ1v) is 13.0. The number of ketones is 1. The maximum Gasteiger partial charge on any atom is 0.330 e. The van der Waals surface area contributed by atoms with E-state index in [1.54, 1.807) is 6.07 Å². The molecule has 3 N–H and O–H groups in total. The third-order valence-corrected chi connectivity index (χ3v) is 8.46. The van der Waals surface area contributed by atoms with Gasteiger partial charge in [-0.2, -0.15) is 4.31 Å². The molecule has 1 aliphatic carbocycles. The van der Waals surface area contributed by atoms with Gasteiger partial charge < -0.3 is 5.73 Å². The Hall–Kier alpha value is -2.44. The Balaban J connectivity index is 1.46. The molecule has 3 heterocycles. The van der Waals surface area contributed by atoms with Gasteiger partial charge in [0.1, 0.15) is 16.3 Å². The van der Waals surface area contributed by atoms with E-state index in [9.17, 15) is 22.8 Å². The van der Waals surface area contributed by atoms with Crippen molar-refractivity contribution in [3.05, 3.63) is 44.7 Å². The molecule has 1 saturated carbocycles. The molecule has 2 aromatic rings. The van der Waals surface area contributed by atoms with Crippen LogP contribution in [-0.4, -0.2) is 51.9 Å². The second-order valence-corrected chi connectivity index (χ2v) is 10.9. The first-order valence-electron chi connectivity index (χ1n) is 10.6. The van der Waals surface area contributed by atoms with Gasteiger partial charge in [-0.15, -0.1) is 0 Å². The quantitative estimate of drug-likeness (QED) is 0.447. The van der Waals surface area contributed by atoms with E-state index in [0.29, 0.717) is 18.1 Å². The third-order valence-electron chi connectivity index (χ3n) is 5.64. The number of aromatic nitrogens is 3. The van der Waals surface area contributed by atoms with Crippen LogP contribution in [0.25, 0.3) is 0 Å². The van der Waals surface area contributed by atoms with Gasteiger partial charge in [-0.3, -0.25) is 19.1 Å². The van der Waals surface area contributed by atoms with E-state index in [-0.39, 0.29) is 28.1 Å². The predicted octanol–water partition coefficient (Wildman–Crippen LogP) is 1.39. The number of nitrogen functional groups attached to an aromatic ring is 1. The highest BCUT2D eigenvalue weighted by atomic mass is 32.2. The molecule has 10 nitrogen and oxygen atoms in total. The normalized spacial score (nSPS) is 17.8. The maximum absolute atomic E-state index is 12.8. The van der Waals surface area contributed by atoms with Crippen LogP contribution in [0.15, 0.2) is 37.8 Å². The standard InChI is InChI=1S/C20H25N5O5S2/c21-18-17(19(27)23-20(28)25(18)13-5-6-13)15(26)12-31-16-8-7-14(11-22-16)32(29,30)24-9-3-1-2-4-10-24/h7-8,11,13H,1-6,9-10,12,21H2,(H,23,27,28). The van der Waals surface area contributed by atoms with Crippen molar-refractivity contribution in [3.8, 4) is 0 Å². The average molecular weight is 480 g/mol. The Bertz CT molecular complexity index is 1220. The molecule has 0 unspecified atom stereocenters. The molecule has 4 rings (SSSR count). The zero-order chi connectivity index (χ0) is 22.9. The summed E-state index contributed by atoms with van der Waals surface area (Å²) in [5.41, 5.74) is 4.33. The molecule has 2 fully saturated rings. The first-order chi connectivity index (χ1) is 15.3. The summed E-state index contributed by atoms with van der Waals surface area (Å²) in [5.74, 6) is -0.758. The van der Waals surface area contributed by atoms with Crippen LogP contribution >= 0.6 is 11.8 Å². The SMILES string of the molecule is Nc1c(C(=O)CSc2ccc(S(=O)(=O)N3CCCCCC3)cn2)c(=O)[nH]c(=O)n1C1CC1. The Morgan fingerprint density at radius 3 is 2.44 bits per heavy atom. The molecule has 32 heavy (non-hydrogen) atoms. The van der Waals surface area contributed by atoms with Crippen molar-refractivity contribution >= 4 is 33.4 Å². The van der Waals surface area contributed by atoms with Crippen molar-refractivity contribution in [1.82, 2.24) is 18.8 Å². The summed E-state index contributed by atoms with van der Waals surface area (Å²) in [6.07, 6.45) is 6.59. The molecule has 0 radical (unpaired) electrons. The number of nitrogens with zero attached hydrogens (tertiary/aromatic N) is 3. The van der Waals surface area contributed by atoms with Gasteiger partial charge in [0.25, 0.3) is 5.56 Å². The summed E-state index contributed by atoms with van der Waals surface area (Å²) < 4.78 is 28.4. The molecular formula is C20H25N5O5S2. The number of thioether (sulfide) groups is 1. The number of hydrogen-bond donors (Lipinski definition) is 2. The van der Waals surface area contributed by atoms with Gasteiger partial charge >= 0.3 is 5.69 Å². The van der Waals surface area contributed by atoms with E-state index in [4.69, 9.17) is 5.73 Å². The summed E-state index contributed by atoms with van der Waals surface area (Å²) >= 11 is 1.07. The molecular weight excluding hydrogens is 454 g/mol. The number of carbonyl (C=O) groups is 1. The number of anilines is 1. The summed E-state index contributed by atoms with van der Waals surface area (Å²) in [7, 11) is -3.60. The molecule has 2 aliphatic rings. The van der Waals surface area contributed by atoms with Gasteiger partial charge in [0.2, 0.25) is 10.0 Å². The van der Waals surface area contributed by atoms with E-state index in [1.807, 2.05) is 0 Å². The number of aromatic amines is 1. The highest BCUT2D eigenvalue weighted by Crippen LogP contribution is 2.35. The Kier molecular flexibility index (Phi) is 6.54. The van der Waals surface area contributed by atoms with Gasteiger partial charge in [0.05, 0.1) is 10.8 Å². The minimum Gasteiger partial charge on any atom is -0.384 e. The minimum atomic E-state index is -3.60. The van der Waals surface area contributed by atoms with E-state index in [1.165, 1.54) is 21.1 Å². The van der Waals surface area contributed by atoms with Crippen molar-refractivity contribution < 1.29 is 13.2 Å². The van der Waals surface area contributed by atoms with Crippen molar-refractivity contribution in [3.63, 3.8) is 0 Å². The fourth-order valence-corrected chi connectivity index (χ4v) is 5.96. The number of nitrogens with one attached hydrogen (secondary N) is 1. The predicted molar refractivity (Wildman–Crippen MR) is 121 cm³/mol. The van der Waals surface area contributed by atoms with E-state index in [0.717, 1.165) is 50.3 Å². The smallest absolute Gasteiger partial charge is 0.330 e. The van der Waals surface area contributed by atoms with Crippen LogP contribution in [0.4, 0.5) is 5.82 Å². The van der Waals surface area contributed by atoms with Crippen molar-refractivity contribution in [2.75, 3.05) is 24.6 Å². The molecule has 1 aliphatic heterocycles. The number of carbonyl (C=O) groups excluding carboxylic acids is 1. The summed E-state index contributed by atoms with van der Waals surface area (Å²) in [6, 6.07) is 2.94. The highest BCUT2D eigenvalue weighted by molar-refractivity contribution is 7.99. The molecule has 0 spiro atoms. The summed E-state index contributed by atoms with van der Waals surface area (Å²) in [4.78, 5) is 43.3. The third kappa shape index (κ3) is 4.66. The lowest BCUT2D eigenvalue weighted by atomic mass is 10.2. The number of Topliss-reactive ketones (excluding diaryl/α,β-unsaturated/α-hetero) is 1. The molecule has 0 bridgehead atoms. The second kappa shape index (κ2) is 9.20. The van der Waals surface area contributed by atoms with Crippen LogP contribution in [-0.2, 0) is 10.0 Å². The lowest BCUT2D eigenvalue weighted by Gasteiger charge is -2.19. The summed E-state index contributed by atoms with van der Waals surface area (Å²) in [5, 5.41) is 0.443. The van der Waals surface area contributed by atoms with Crippen LogP contribution in [0, 0.1) is 0 Å². The van der Waals surface area contributed by atoms with Crippen molar-refractivity contribution in [1.29, 1.82) is 0 Å². The number of nitrogens with two attached hydrogens (primary N) is 1. The molecule has 2 aromatic heterocycles. The van der Waals surface area contributed by atoms with Crippen molar-refractivity contribution in [2.45, 2.75) is 54.5 Å². The monoisotopic (exact) mass is 479 g/mol.